The fourth-order valence-corrected chi connectivity index (χ4v) is 2.64. The summed E-state index contributed by atoms with van der Waals surface area (Å²) in [5.74, 6) is 0.531. The van der Waals surface area contributed by atoms with Gasteiger partial charge in [-0.3, -0.25) is 9.67 Å². The van der Waals surface area contributed by atoms with E-state index in [9.17, 15) is 4.39 Å². The molecule has 2 aromatic rings. The highest BCUT2D eigenvalue weighted by Crippen LogP contribution is 2.16. The lowest BCUT2D eigenvalue weighted by atomic mass is 10.1. The molecule has 2 N–H and O–H groups in total. The standard InChI is InChI=1S/C18H27FN6/c1-20-18(21-10-9-14-7-5-6-8-16(14)19)22-12-17(24(2)3)15-11-23-25(4)13-15/h5-8,11,13,17H,9-10,12H2,1-4H3,(H2,20,21,22). The van der Waals surface area contributed by atoms with E-state index in [1.165, 1.54) is 6.07 Å². The molecule has 0 saturated heterocycles. The van der Waals surface area contributed by atoms with Gasteiger partial charge in [-0.25, -0.2) is 4.39 Å². The second kappa shape index (κ2) is 9.17. The molecule has 1 heterocycles. The SMILES string of the molecule is CN=C(NCCc1ccccc1F)NCC(c1cnn(C)c1)N(C)C. The first-order valence-corrected chi connectivity index (χ1v) is 8.34. The van der Waals surface area contributed by atoms with Gasteiger partial charge in [0.05, 0.1) is 12.2 Å². The highest BCUT2D eigenvalue weighted by atomic mass is 19.1. The number of likely N-dealkylation sites (N-methyl/N-ethyl adjacent to an activating group) is 1. The Kier molecular flexibility index (Phi) is 6.94. The first kappa shape index (κ1) is 18.9. The molecule has 0 aliphatic rings. The average Bonchev–Trinajstić information content (AvgIpc) is 3.01. The Hall–Kier alpha value is -2.41. The summed E-state index contributed by atoms with van der Waals surface area (Å²) in [6.07, 6.45) is 4.49. The monoisotopic (exact) mass is 346 g/mol. The molecule has 0 spiro atoms. The molecule has 7 heteroatoms. The molecular weight excluding hydrogens is 319 g/mol. The van der Waals surface area contributed by atoms with E-state index in [4.69, 9.17) is 0 Å². The van der Waals surface area contributed by atoms with E-state index >= 15 is 0 Å². The molecule has 2 rings (SSSR count). The molecule has 0 fully saturated rings. The lowest BCUT2D eigenvalue weighted by molar-refractivity contribution is 0.298. The van der Waals surface area contributed by atoms with E-state index in [0.717, 1.165) is 5.56 Å². The van der Waals surface area contributed by atoms with Gasteiger partial charge < -0.3 is 15.5 Å². The van der Waals surface area contributed by atoms with Gasteiger partial charge in [-0.05, 0) is 32.1 Å². The van der Waals surface area contributed by atoms with Crippen LogP contribution in [0.5, 0.6) is 0 Å². The van der Waals surface area contributed by atoms with Gasteiger partial charge in [-0.1, -0.05) is 18.2 Å². The molecule has 25 heavy (non-hydrogen) atoms. The van der Waals surface area contributed by atoms with Crippen LogP contribution in [-0.4, -0.2) is 54.9 Å². The Balaban J connectivity index is 1.85. The molecule has 1 aromatic carbocycles. The first-order chi connectivity index (χ1) is 12.0. The molecule has 6 nitrogen and oxygen atoms in total. The lowest BCUT2D eigenvalue weighted by Crippen LogP contribution is -2.42. The van der Waals surface area contributed by atoms with Gasteiger partial charge in [0, 0.05) is 38.9 Å². The zero-order chi connectivity index (χ0) is 18.2. The van der Waals surface area contributed by atoms with Gasteiger partial charge in [0.25, 0.3) is 0 Å². The molecule has 0 aliphatic heterocycles. The van der Waals surface area contributed by atoms with Crippen LogP contribution >= 0.6 is 0 Å². The third-order valence-corrected chi connectivity index (χ3v) is 4.06. The zero-order valence-electron chi connectivity index (χ0n) is 15.3. The van der Waals surface area contributed by atoms with Crippen LogP contribution in [-0.2, 0) is 13.5 Å². The number of halogens is 1. The summed E-state index contributed by atoms with van der Waals surface area (Å²) < 4.78 is 15.4. The number of hydrogen-bond acceptors (Lipinski definition) is 3. The lowest BCUT2D eigenvalue weighted by Gasteiger charge is -2.24. The maximum absolute atomic E-state index is 13.6. The fraction of sp³-hybridized carbons (Fsp3) is 0.444. The number of guanidine groups is 1. The van der Waals surface area contributed by atoms with Crippen molar-refractivity contribution < 1.29 is 4.39 Å². The van der Waals surface area contributed by atoms with Crippen molar-refractivity contribution in [1.29, 1.82) is 0 Å². The predicted octanol–water partition coefficient (Wildman–Crippen LogP) is 1.57. The molecule has 1 unspecified atom stereocenters. The van der Waals surface area contributed by atoms with Crippen LogP contribution in [0.15, 0.2) is 41.7 Å². The quantitative estimate of drug-likeness (QED) is 0.590. The number of nitrogens with one attached hydrogen (secondary N) is 2. The van der Waals surface area contributed by atoms with Crippen molar-refractivity contribution in [2.24, 2.45) is 12.0 Å². The maximum atomic E-state index is 13.6. The molecule has 1 atom stereocenters. The summed E-state index contributed by atoms with van der Waals surface area (Å²) in [5.41, 5.74) is 1.84. The third-order valence-electron chi connectivity index (χ3n) is 4.06. The van der Waals surface area contributed by atoms with Crippen LogP contribution in [0.3, 0.4) is 0 Å². The smallest absolute Gasteiger partial charge is 0.191 e. The summed E-state index contributed by atoms with van der Waals surface area (Å²) >= 11 is 0. The van der Waals surface area contributed by atoms with Crippen molar-refractivity contribution in [3.8, 4) is 0 Å². The van der Waals surface area contributed by atoms with Crippen molar-refractivity contribution in [1.82, 2.24) is 25.3 Å². The van der Waals surface area contributed by atoms with Gasteiger partial charge in [-0.2, -0.15) is 5.10 Å². The summed E-state index contributed by atoms with van der Waals surface area (Å²) in [6, 6.07) is 7.02. The van der Waals surface area contributed by atoms with E-state index in [0.29, 0.717) is 31.0 Å². The zero-order valence-corrected chi connectivity index (χ0v) is 15.3. The number of aryl methyl sites for hydroxylation is 1. The Morgan fingerprint density at radius 1 is 1.32 bits per heavy atom. The fourth-order valence-electron chi connectivity index (χ4n) is 2.64. The number of aliphatic imine (C=N–C) groups is 1. The third kappa shape index (κ3) is 5.56. The largest absolute Gasteiger partial charge is 0.356 e. The first-order valence-electron chi connectivity index (χ1n) is 8.34. The van der Waals surface area contributed by atoms with Gasteiger partial charge in [0.2, 0.25) is 0 Å². The number of hydrogen-bond donors (Lipinski definition) is 2. The van der Waals surface area contributed by atoms with E-state index in [1.54, 1.807) is 23.9 Å². The molecule has 0 aliphatic carbocycles. The van der Waals surface area contributed by atoms with Gasteiger partial charge in [0.15, 0.2) is 5.96 Å². The summed E-state index contributed by atoms with van der Waals surface area (Å²) in [4.78, 5) is 6.37. The second-order valence-corrected chi connectivity index (χ2v) is 6.15. The van der Waals surface area contributed by atoms with Crippen molar-refractivity contribution in [2.75, 3.05) is 34.2 Å². The van der Waals surface area contributed by atoms with Gasteiger partial charge in [-0.15, -0.1) is 0 Å². The molecular formula is C18H27FN6. The minimum absolute atomic E-state index is 0.170. The van der Waals surface area contributed by atoms with Crippen molar-refractivity contribution in [3.05, 3.63) is 53.6 Å². The van der Waals surface area contributed by atoms with E-state index < -0.39 is 0 Å². The normalized spacial score (nSPS) is 13.1. The Morgan fingerprint density at radius 2 is 2.08 bits per heavy atom. The maximum Gasteiger partial charge on any atom is 0.191 e. The second-order valence-electron chi connectivity index (χ2n) is 6.15. The van der Waals surface area contributed by atoms with Crippen molar-refractivity contribution in [3.63, 3.8) is 0 Å². The highest BCUT2D eigenvalue weighted by Gasteiger charge is 2.16. The molecule has 0 amide bonds. The Labute approximate surface area is 148 Å². The molecule has 1 aromatic heterocycles. The number of aromatic nitrogens is 2. The summed E-state index contributed by atoms with van der Waals surface area (Å²) in [6.45, 7) is 1.30. The predicted molar refractivity (Wildman–Crippen MR) is 99.1 cm³/mol. The van der Waals surface area contributed by atoms with Gasteiger partial charge in [0.1, 0.15) is 5.82 Å². The van der Waals surface area contributed by atoms with E-state index in [-0.39, 0.29) is 11.9 Å². The van der Waals surface area contributed by atoms with Crippen LogP contribution in [0.25, 0.3) is 0 Å². The van der Waals surface area contributed by atoms with E-state index in [1.807, 2.05) is 39.6 Å². The van der Waals surface area contributed by atoms with Crippen molar-refractivity contribution >= 4 is 5.96 Å². The molecule has 0 radical (unpaired) electrons. The van der Waals surface area contributed by atoms with Gasteiger partial charge >= 0.3 is 0 Å². The summed E-state index contributed by atoms with van der Waals surface area (Å²) in [5, 5.41) is 10.8. The van der Waals surface area contributed by atoms with Crippen LogP contribution < -0.4 is 10.6 Å². The minimum Gasteiger partial charge on any atom is -0.356 e. The van der Waals surface area contributed by atoms with Crippen LogP contribution in [0.4, 0.5) is 4.39 Å². The van der Waals surface area contributed by atoms with Crippen LogP contribution in [0, 0.1) is 5.82 Å². The highest BCUT2D eigenvalue weighted by molar-refractivity contribution is 5.79. The number of benzene rings is 1. The molecule has 136 valence electrons. The average molecular weight is 346 g/mol. The molecule has 0 saturated carbocycles. The van der Waals surface area contributed by atoms with E-state index in [2.05, 4.69) is 25.6 Å². The topological polar surface area (TPSA) is 57.5 Å². The number of rotatable bonds is 7. The van der Waals surface area contributed by atoms with Crippen LogP contribution in [0.1, 0.15) is 17.2 Å². The number of nitrogens with zero attached hydrogens (tertiary/aromatic N) is 4. The van der Waals surface area contributed by atoms with Crippen molar-refractivity contribution in [2.45, 2.75) is 12.5 Å². The molecule has 0 bridgehead atoms. The van der Waals surface area contributed by atoms with Crippen LogP contribution in [0.2, 0.25) is 0 Å². The Bertz CT molecular complexity index is 694. The summed E-state index contributed by atoms with van der Waals surface area (Å²) in [7, 11) is 7.71. The minimum atomic E-state index is -0.170. The Morgan fingerprint density at radius 3 is 2.68 bits per heavy atom.